The summed E-state index contributed by atoms with van der Waals surface area (Å²) >= 11 is 1.21. The molecule has 0 bridgehead atoms. The van der Waals surface area contributed by atoms with E-state index in [-0.39, 0.29) is 0 Å². The molecule has 82 valence electrons. The van der Waals surface area contributed by atoms with Gasteiger partial charge in [0.2, 0.25) is 0 Å². The summed E-state index contributed by atoms with van der Waals surface area (Å²) in [6, 6.07) is 11.1. The highest BCUT2D eigenvalue weighted by Crippen LogP contribution is 2.23. The van der Waals surface area contributed by atoms with E-state index in [0.29, 0.717) is 0 Å². The van der Waals surface area contributed by atoms with E-state index in [4.69, 9.17) is 5.73 Å². The van der Waals surface area contributed by atoms with Crippen LogP contribution in [0.25, 0.3) is 5.69 Å². The second kappa shape index (κ2) is 4.76. The number of benzene rings is 1. The van der Waals surface area contributed by atoms with Crippen LogP contribution in [0.2, 0.25) is 0 Å². The lowest BCUT2D eigenvalue weighted by molar-refractivity contribution is 0.254. The zero-order valence-corrected chi connectivity index (χ0v) is 9.28. The van der Waals surface area contributed by atoms with E-state index >= 15 is 0 Å². The Hall–Kier alpha value is -1.88. The summed E-state index contributed by atoms with van der Waals surface area (Å²) in [6.07, 6.45) is 3.90. The average molecular weight is 233 g/mol. The number of amides is 2. The van der Waals surface area contributed by atoms with E-state index in [2.05, 4.69) is 4.72 Å². The molecule has 1 aromatic carbocycles. The van der Waals surface area contributed by atoms with Crippen LogP contribution in [0.4, 0.5) is 4.79 Å². The van der Waals surface area contributed by atoms with Crippen LogP contribution < -0.4 is 10.5 Å². The topological polar surface area (TPSA) is 60.1 Å². The van der Waals surface area contributed by atoms with Gasteiger partial charge in [-0.1, -0.05) is 12.1 Å². The first-order valence-corrected chi connectivity index (χ1v) is 5.53. The maximum absolute atomic E-state index is 10.7. The third kappa shape index (κ3) is 2.38. The second-order valence-corrected chi connectivity index (χ2v) is 3.97. The molecule has 0 aliphatic carbocycles. The van der Waals surface area contributed by atoms with Gasteiger partial charge in [0.15, 0.2) is 0 Å². The van der Waals surface area contributed by atoms with E-state index in [1.807, 2.05) is 53.4 Å². The van der Waals surface area contributed by atoms with E-state index in [1.54, 1.807) is 0 Å². The number of rotatable bonds is 3. The molecule has 4 nitrogen and oxygen atoms in total. The van der Waals surface area contributed by atoms with Crippen LogP contribution in [0, 0.1) is 0 Å². The SMILES string of the molecule is NC(=O)NSc1ccccc1-n1cccc1. The number of nitrogens with two attached hydrogens (primary N) is 1. The molecule has 1 aromatic heterocycles. The normalized spacial score (nSPS) is 10.0. The Bertz CT molecular complexity index is 482. The molecule has 0 unspecified atom stereocenters. The Kier molecular flexibility index (Phi) is 3.16. The first-order chi connectivity index (χ1) is 7.77. The number of carbonyl (C=O) groups is 1. The predicted molar refractivity (Wildman–Crippen MR) is 64.3 cm³/mol. The lowest BCUT2D eigenvalue weighted by Gasteiger charge is -2.09. The third-order valence-corrected chi connectivity index (χ3v) is 2.88. The molecule has 3 N–H and O–H groups in total. The third-order valence-electron chi connectivity index (χ3n) is 2.01. The monoisotopic (exact) mass is 233 g/mol. The number of hydrogen-bond acceptors (Lipinski definition) is 2. The summed E-state index contributed by atoms with van der Waals surface area (Å²) in [7, 11) is 0. The molecule has 0 saturated heterocycles. The van der Waals surface area contributed by atoms with Crippen molar-refractivity contribution in [3.05, 3.63) is 48.8 Å². The lowest BCUT2D eigenvalue weighted by Crippen LogP contribution is -2.22. The minimum absolute atomic E-state index is 0.549. The van der Waals surface area contributed by atoms with Gasteiger partial charge in [-0.15, -0.1) is 0 Å². The standard InChI is InChI=1S/C11H11N3OS/c12-11(15)13-16-10-6-2-1-5-9(10)14-7-3-4-8-14/h1-8H,(H3,12,13,15). The van der Waals surface area contributed by atoms with E-state index in [0.717, 1.165) is 10.6 Å². The van der Waals surface area contributed by atoms with E-state index < -0.39 is 6.03 Å². The molecular formula is C11H11N3OS. The number of nitrogens with zero attached hydrogens (tertiary/aromatic N) is 1. The second-order valence-electron chi connectivity index (χ2n) is 3.13. The maximum Gasteiger partial charge on any atom is 0.322 e. The van der Waals surface area contributed by atoms with Gasteiger partial charge in [-0.25, -0.2) is 4.79 Å². The minimum atomic E-state index is -0.549. The molecule has 0 aliphatic rings. The highest BCUT2D eigenvalue weighted by Gasteiger charge is 2.04. The summed E-state index contributed by atoms with van der Waals surface area (Å²) in [6.45, 7) is 0. The Morgan fingerprint density at radius 1 is 1.19 bits per heavy atom. The Labute approximate surface area is 97.6 Å². The molecule has 5 heteroatoms. The quantitative estimate of drug-likeness (QED) is 0.798. The predicted octanol–water partition coefficient (Wildman–Crippen LogP) is 2.15. The molecule has 2 amide bonds. The van der Waals surface area contributed by atoms with Crippen LogP contribution in [0.3, 0.4) is 0 Å². The zero-order chi connectivity index (χ0) is 11.4. The van der Waals surface area contributed by atoms with Crippen LogP contribution in [0.5, 0.6) is 0 Å². The van der Waals surface area contributed by atoms with Gasteiger partial charge < -0.3 is 10.3 Å². The van der Waals surface area contributed by atoms with Crippen molar-refractivity contribution in [1.29, 1.82) is 0 Å². The minimum Gasteiger partial charge on any atom is -0.351 e. The molecule has 1 heterocycles. The molecule has 0 spiro atoms. The maximum atomic E-state index is 10.7. The number of carbonyl (C=O) groups excluding carboxylic acids is 1. The zero-order valence-electron chi connectivity index (χ0n) is 8.46. The Balaban J connectivity index is 2.27. The lowest BCUT2D eigenvalue weighted by atomic mass is 10.3. The molecule has 2 aromatic rings. The number of urea groups is 1. The van der Waals surface area contributed by atoms with Crippen LogP contribution in [-0.4, -0.2) is 10.6 Å². The number of aromatic nitrogens is 1. The van der Waals surface area contributed by atoms with Crippen molar-refractivity contribution in [2.45, 2.75) is 4.90 Å². The highest BCUT2D eigenvalue weighted by atomic mass is 32.2. The van der Waals surface area contributed by atoms with Gasteiger partial charge in [0.25, 0.3) is 0 Å². The molecule has 0 aliphatic heterocycles. The van der Waals surface area contributed by atoms with Crippen molar-refractivity contribution in [3.63, 3.8) is 0 Å². The van der Waals surface area contributed by atoms with Crippen molar-refractivity contribution in [3.8, 4) is 5.69 Å². The Morgan fingerprint density at radius 3 is 2.56 bits per heavy atom. The fraction of sp³-hybridized carbons (Fsp3) is 0. The van der Waals surface area contributed by atoms with E-state index in [9.17, 15) is 4.79 Å². The van der Waals surface area contributed by atoms with Crippen molar-refractivity contribution in [2.24, 2.45) is 5.73 Å². The first-order valence-electron chi connectivity index (χ1n) is 4.72. The number of nitrogens with one attached hydrogen (secondary N) is 1. The van der Waals surface area contributed by atoms with Gasteiger partial charge in [0.05, 0.1) is 10.6 Å². The van der Waals surface area contributed by atoms with E-state index in [1.165, 1.54) is 11.9 Å². The van der Waals surface area contributed by atoms with Gasteiger partial charge in [0.1, 0.15) is 0 Å². The number of primary amides is 1. The molecule has 0 atom stereocenters. The van der Waals surface area contributed by atoms with Crippen LogP contribution in [0.15, 0.2) is 53.7 Å². The van der Waals surface area contributed by atoms with Gasteiger partial charge in [-0.3, -0.25) is 4.72 Å². The molecule has 16 heavy (non-hydrogen) atoms. The first kappa shape index (κ1) is 10.6. The van der Waals surface area contributed by atoms with Crippen molar-refractivity contribution < 1.29 is 4.79 Å². The fourth-order valence-electron chi connectivity index (χ4n) is 1.36. The summed E-state index contributed by atoms with van der Waals surface area (Å²) in [5.74, 6) is 0. The molecule has 0 saturated carbocycles. The van der Waals surface area contributed by atoms with Gasteiger partial charge >= 0.3 is 6.03 Å². The number of para-hydroxylation sites is 1. The fourth-order valence-corrected chi connectivity index (χ4v) is 1.99. The summed E-state index contributed by atoms with van der Waals surface area (Å²) in [5.41, 5.74) is 6.04. The number of hydrogen-bond donors (Lipinski definition) is 2. The molecule has 0 fully saturated rings. The van der Waals surface area contributed by atoms with Crippen molar-refractivity contribution in [2.75, 3.05) is 0 Å². The average Bonchev–Trinajstić information content (AvgIpc) is 2.80. The van der Waals surface area contributed by atoms with Crippen LogP contribution >= 0.6 is 11.9 Å². The largest absolute Gasteiger partial charge is 0.351 e. The molecule has 2 rings (SSSR count). The van der Waals surface area contributed by atoms with Gasteiger partial charge in [0, 0.05) is 12.4 Å². The smallest absolute Gasteiger partial charge is 0.322 e. The summed E-state index contributed by atoms with van der Waals surface area (Å²) < 4.78 is 4.48. The Morgan fingerprint density at radius 2 is 1.88 bits per heavy atom. The van der Waals surface area contributed by atoms with Crippen molar-refractivity contribution in [1.82, 2.24) is 9.29 Å². The molecule has 0 radical (unpaired) electrons. The summed E-state index contributed by atoms with van der Waals surface area (Å²) in [4.78, 5) is 11.6. The van der Waals surface area contributed by atoms with Gasteiger partial charge in [-0.05, 0) is 36.2 Å². The van der Waals surface area contributed by atoms with Crippen molar-refractivity contribution >= 4 is 18.0 Å². The van der Waals surface area contributed by atoms with Crippen LogP contribution in [-0.2, 0) is 0 Å². The highest BCUT2D eigenvalue weighted by molar-refractivity contribution is 7.98. The van der Waals surface area contributed by atoms with Crippen LogP contribution in [0.1, 0.15) is 0 Å². The van der Waals surface area contributed by atoms with Gasteiger partial charge in [-0.2, -0.15) is 0 Å². The molecular weight excluding hydrogens is 222 g/mol. The summed E-state index contributed by atoms with van der Waals surface area (Å²) in [5, 5.41) is 0.